The molecule has 1 saturated carbocycles. The third kappa shape index (κ3) is 3.10. The number of anilines is 1. The van der Waals surface area contributed by atoms with E-state index >= 15 is 0 Å². The Morgan fingerprint density at radius 3 is 3.00 bits per heavy atom. The van der Waals surface area contributed by atoms with E-state index in [-0.39, 0.29) is 11.6 Å². The summed E-state index contributed by atoms with van der Waals surface area (Å²) >= 11 is 0. The van der Waals surface area contributed by atoms with Gasteiger partial charge >= 0.3 is 0 Å². The van der Waals surface area contributed by atoms with E-state index in [0.29, 0.717) is 23.1 Å². The lowest BCUT2D eigenvalue weighted by Crippen LogP contribution is -2.12. The molecule has 0 aliphatic heterocycles. The van der Waals surface area contributed by atoms with Gasteiger partial charge in [-0.1, -0.05) is 18.0 Å². The van der Waals surface area contributed by atoms with Gasteiger partial charge in [-0.25, -0.2) is 0 Å². The first-order valence-electron chi connectivity index (χ1n) is 8.12. The Morgan fingerprint density at radius 1 is 1.33 bits per heavy atom. The van der Waals surface area contributed by atoms with Gasteiger partial charge in [-0.2, -0.15) is 5.10 Å². The fraction of sp³-hybridized carbons (Fsp3) is 0.353. The molecule has 3 heterocycles. The van der Waals surface area contributed by atoms with Crippen molar-refractivity contribution in [1.29, 1.82) is 0 Å². The van der Waals surface area contributed by atoms with Crippen LogP contribution in [-0.2, 0) is 6.54 Å². The van der Waals surface area contributed by atoms with E-state index in [0.717, 1.165) is 6.54 Å². The predicted molar refractivity (Wildman–Crippen MR) is 86.3 cm³/mol. The third-order valence-corrected chi connectivity index (χ3v) is 4.32. The first-order valence-corrected chi connectivity index (χ1v) is 8.12. The van der Waals surface area contributed by atoms with Crippen LogP contribution >= 0.6 is 0 Å². The molecule has 7 heteroatoms. The van der Waals surface area contributed by atoms with E-state index in [2.05, 4.69) is 15.6 Å². The van der Waals surface area contributed by atoms with Crippen LogP contribution in [0.2, 0.25) is 0 Å². The van der Waals surface area contributed by atoms with E-state index in [1.54, 1.807) is 24.4 Å². The van der Waals surface area contributed by atoms with Gasteiger partial charge in [-0.05, 0) is 30.9 Å². The normalized spacial score (nSPS) is 15.0. The summed E-state index contributed by atoms with van der Waals surface area (Å²) in [7, 11) is 0. The van der Waals surface area contributed by atoms with E-state index in [1.807, 2.05) is 10.9 Å². The summed E-state index contributed by atoms with van der Waals surface area (Å²) in [5, 5.41) is 10.9. The van der Waals surface area contributed by atoms with Gasteiger partial charge in [0.2, 0.25) is 5.76 Å². The molecule has 24 heavy (non-hydrogen) atoms. The highest BCUT2D eigenvalue weighted by Crippen LogP contribution is 2.26. The van der Waals surface area contributed by atoms with Crippen LogP contribution in [0, 0.1) is 5.92 Å². The van der Waals surface area contributed by atoms with Crippen molar-refractivity contribution in [3.05, 3.63) is 42.5 Å². The van der Waals surface area contributed by atoms with Gasteiger partial charge in [0.05, 0.1) is 18.1 Å². The molecule has 0 radical (unpaired) electrons. The van der Waals surface area contributed by atoms with Crippen molar-refractivity contribution in [1.82, 2.24) is 14.9 Å². The predicted octanol–water partition coefficient (Wildman–Crippen LogP) is 3.57. The van der Waals surface area contributed by atoms with Gasteiger partial charge < -0.3 is 14.3 Å². The molecule has 0 spiro atoms. The van der Waals surface area contributed by atoms with Crippen molar-refractivity contribution >= 4 is 11.6 Å². The minimum absolute atomic E-state index is 0.199. The molecule has 1 aliphatic rings. The lowest BCUT2D eigenvalue weighted by Gasteiger charge is -2.07. The zero-order valence-electron chi connectivity index (χ0n) is 13.1. The van der Waals surface area contributed by atoms with Gasteiger partial charge in [-0.15, -0.1) is 0 Å². The van der Waals surface area contributed by atoms with Crippen molar-refractivity contribution in [3.63, 3.8) is 0 Å². The highest BCUT2D eigenvalue weighted by Gasteiger charge is 2.18. The summed E-state index contributed by atoms with van der Waals surface area (Å²) < 4.78 is 12.2. The highest BCUT2D eigenvalue weighted by molar-refractivity contribution is 6.03. The van der Waals surface area contributed by atoms with Crippen molar-refractivity contribution < 1.29 is 13.7 Å². The molecule has 3 aromatic rings. The summed E-state index contributed by atoms with van der Waals surface area (Å²) in [4.78, 5) is 12.2. The molecule has 4 rings (SSSR count). The smallest absolute Gasteiger partial charge is 0.277 e. The van der Waals surface area contributed by atoms with Gasteiger partial charge in [0.15, 0.2) is 11.5 Å². The lowest BCUT2D eigenvalue weighted by molar-refractivity contribution is 0.101. The number of hydrogen-bond donors (Lipinski definition) is 1. The first-order chi connectivity index (χ1) is 11.8. The molecule has 1 fully saturated rings. The maximum absolute atomic E-state index is 12.2. The molecule has 124 valence electrons. The maximum Gasteiger partial charge on any atom is 0.277 e. The van der Waals surface area contributed by atoms with Crippen LogP contribution < -0.4 is 5.32 Å². The average molecular weight is 326 g/mol. The number of hydrogen-bond acceptors (Lipinski definition) is 5. The van der Waals surface area contributed by atoms with Crippen molar-refractivity contribution in [2.75, 3.05) is 5.32 Å². The Bertz CT molecular complexity index is 813. The molecule has 0 bridgehead atoms. The number of carbonyl (C=O) groups is 1. The summed E-state index contributed by atoms with van der Waals surface area (Å²) in [5.74, 6) is 1.31. The summed E-state index contributed by atoms with van der Waals surface area (Å²) in [5.41, 5.74) is 0.852. The zero-order chi connectivity index (χ0) is 16.4. The fourth-order valence-corrected chi connectivity index (χ4v) is 3.10. The van der Waals surface area contributed by atoms with E-state index in [1.165, 1.54) is 31.9 Å². The number of carbonyl (C=O) groups excluding carboxylic acids is 1. The molecule has 1 N–H and O–H groups in total. The highest BCUT2D eigenvalue weighted by atomic mass is 16.5. The Morgan fingerprint density at radius 2 is 2.21 bits per heavy atom. The topological polar surface area (TPSA) is 86.1 Å². The zero-order valence-corrected chi connectivity index (χ0v) is 13.1. The first kappa shape index (κ1) is 14.7. The minimum Gasteiger partial charge on any atom is -0.461 e. The second kappa shape index (κ2) is 6.35. The van der Waals surface area contributed by atoms with Crippen LogP contribution in [0.15, 0.2) is 45.8 Å². The fourth-order valence-electron chi connectivity index (χ4n) is 3.10. The Kier molecular flexibility index (Phi) is 3.90. The van der Waals surface area contributed by atoms with E-state index < -0.39 is 0 Å². The standard InChI is InChI=1S/C17H18N4O3/c22-17(14-8-16(24-20-14)15-6-3-7-23-15)19-13-9-18-21(11-13)10-12-4-1-2-5-12/h3,6-9,11-12H,1-2,4-5,10H2,(H,19,22). The molecule has 0 unspecified atom stereocenters. The summed E-state index contributed by atoms with van der Waals surface area (Å²) in [6.07, 6.45) is 10.2. The van der Waals surface area contributed by atoms with Crippen molar-refractivity contribution in [3.8, 4) is 11.5 Å². The molecule has 0 atom stereocenters. The average Bonchev–Trinajstić information content (AvgIpc) is 3.36. The van der Waals surface area contributed by atoms with E-state index in [9.17, 15) is 4.79 Å². The van der Waals surface area contributed by atoms with Gasteiger partial charge in [-0.3, -0.25) is 9.48 Å². The molecule has 0 saturated heterocycles. The quantitative estimate of drug-likeness (QED) is 0.774. The number of amides is 1. The summed E-state index contributed by atoms with van der Waals surface area (Å²) in [6, 6.07) is 5.04. The molecule has 3 aromatic heterocycles. The van der Waals surface area contributed by atoms with Crippen LogP contribution in [0.1, 0.15) is 36.2 Å². The van der Waals surface area contributed by atoms with Crippen molar-refractivity contribution in [2.24, 2.45) is 5.92 Å². The van der Waals surface area contributed by atoms with Gasteiger partial charge in [0, 0.05) is 18.8 Å². The third-order valence-electron chi connectivity index (χ3n) is 4.32. The van der Waals surface area contributed by atoms with Gasteiger partial charge in [0.25, 0.3) is 5.91 Å². The largest absolute Gasteiger partial charge is 0.461 e. The lowest BCUT2D eigenvalue weighted by atomic mass is 10.1. The van der Waals surface area contributed by atoms with Crippen LogP contribution in [0.5, 0.6) is 0 Å². The molecular formula is C17H18N4O3. The van der Waals surface area contributed by atoms with Crippen LogP contribution in [0.3, 0.4) is 0 Å². The number of rotatable bonds is 5. The van der Waals surface area contributed by atoms with Crippen LogP contribution in [-0.4, -0.2) is 20.8 Å². The molecule has 1 aliphatic carbocycles. The van der Waals surface area contributed by atoms with E-state index in [4.69, 9.17) is 8.94 Å². The number of nitrogens with one attached hydrogen (secondary N) is 1. The second-order valence-electron chi connectivity index (χ2n) is 6.11. The molecular weight excluding hydrogens is 308 g/mol. The second-order valence-corrected chi connectivity index (χ2v) is 6.11. The Balaban J connectivity index is 1.40. The Hall–Kier alpha value is -2.83. The summed E-state index contributed by atoms with van der Waals surface area (Å²) in [6.45, 7) is 0.905. The molecule has 7 nitrogen and oxygen atoms in total. The molecule has 0 aromatic carbocycles. The van der Waals surface area contributed by atoms with Crippen molar-refractivity contribution in [2.45, 2.75) is 32.2 Å². The Labute approximate surface area is 138 Å². The SMILES string of the molecule is O=C(Nc1cnn(CC2CCCC2)c1)c1cc(-c2ccco2)on1. The number of nitrogens with zero attached hydrogens (tertiary/aromatic N) is 3. The maximum atomic E-state index is 12.2. The minimum atomic E-state index is -0.336. The van der Waals surface area contributed by atoms with Crippen LogP contribution in [0.4, 0.5) is 5.69 Å². The van der Waals surface area contributed by atoms with Gasteiger partial charge in [0.1, 0.15) is 0 Å². The van der Waals surface area contributed by atoms with Crippen LogP contribution in [0.25, 0.3) is 11.5 Å². The monoisotopic (exact) mass is 326 g/mol. The number of furan rings is 1. The molecule has 1 amide bonds. The number of aromatic nitrogens is 3.